The van der Waals surface area contributed by atoms with Gasteiger partial charge in [-0.25, -0.2) is 35.5 Å². The van der Waals surface area contributed by atoms with Crippen LogP contribution in [0.4, 0.5) is 52.6 Å². The van der Waals surface area contributed by atoms with Crippen molar-refractivity contribution < 1.29 is 64.4 Å². The summed E-state index contributed by atoms with van der Waals surface area (Å²) in [6.45, 7) is 0. The fraction of sp³-hybridized carbons (Fsp3) is 0.0748. The van der Waals surface area contributed by atoms with Gasteiger partial charge in [-0.1, -0.05) is 97.1 Å². The average Bonchev–Trinajstić information content (AvgIpc) is 1.65. The van der Waals surface area contributed by atoms with Gasteiger partial charge in [0.25, 0.3) is 11.4 Å². The van der Waals surface area contributed by atoms with Crippen molar-refractivity contribution in [2.75, 3.05) is 5.73 Å². The third-order valence-electron chi connectivity index (χ3n) is 22.1. The number of aryl methyl sites for hydroxylation is 5. The maximum Gasteiger partial charge on any atom is 0.409 e. The summed E-state index contributed by atoms with van der Waals surface area (Å²) in [5.74, 6) is -1.10. The fourth-order valence-corrected chi connectivity index (χ4v) is 15.8. The van der Waals surface area contributed by atoms with Gasteiger partial charge in [0.2, 0.25) is 0 Å². The highest BCUT2D eigenvalue weighted by molar-refractivity contribution is 14.1. The number of aromatic amines is 3. The molecule has 0 fully saturated rings. The van der Waals surface area contributed by atoms with Gasteiger partial charge in [0.15, 0.2) is 0 Å². The summed E-state index contributed by atoms with van der Waals surface area (Å²) in [6.07, 6.45) is 6.90. The molecule has 0 spiro atoms. The second-order valence-electron chi connectivity index (χ2n) is 31.9. The Bertz CT molecular complexity index is 8290. The number of hydrogen-bond donors (Lipinski definition) is 4. The number of hydrogen-bond acceptors (Lipinski definition) is 18. The van der Waals surface area contributed by atoms with Crippen LogP contribution in [-0.2, 0) is 57.0 Å². The van der Waals surface area contributed by atoms with E-state index in [0.29, 0.717) is 69.0 Å². The summed E-state index contributed by atoms with van der Waals surface area (Å²) in [7, 11) is 7.30. The SMILES string of the molecule is Cn1nc(-c2ccc(CC(=O)CCc3ccncc3)cc2)c2cc(F)ccc21.Cn1nc(-c2ccc(CC(=O)Oc3ccccc3)cc2)c2cc(F)ccc21.Cn1nc(-c2ccc(N)cc2)c2cc(F)ccc21.Cn1nc(-c2ccc([N+](=O)[O-])cc2)c2cc(F)ccc21.Fc1ccc2[nH]ncc2c1.Fc1ccc2n[nH]c(I)c2c1.O=C(Cl)Oc1ccccc1.O=[N+]([O-])c1ccc(-c2n[nH]c3ccc(F)cc23)cc1. The number of esters is 1. The zero-order valence-corrected chi connectivity index (χ0v) is 79.0. The lowest BCUT2D eigenvalue weighted by molar-refractivity contribution is -0.385. The summed E-state index contributed by atoms with van der Waals surface area (Å²) >= 11 is 7.04. The lowest BCUT2D eigenvalue weighted by Gasteiger charge is -2.05. The highest BCUT2D eigenvalue weighted by Crippen LogP contribution is 2.36. The first kappa shape index (κ1) is 99.7. The van der Waals surface area contributed by atoms with Crippen LogP contribution in [0.1, 0.15) is 23.1 Å². The van der Waals surface area contributed by atoms with Crippen molar-refractivity contribution in [3.8, 4) is 67.8 Å². The molecule has 5 N–H and O–H groups in total. The van der Waals surface area contributed by atoms with Gasteiger partial charge in [-0.05, 0) is 246 Å². The van der Waals surface area contributed by atoms with E-state index in [4.69, 9.17) is 22.1 Å². The van der Waals surface area contributed by atoms with Crippen molar-refractivity contribution in [3.63, 3.8) is 0 Å². The molecule has 0 aliphatic heterocycles. The fourth-order valence-electron chi connectivity index (χ4n) is 15.1. The second-order valence-corrected chi connectivity index (χ2v) is 33.3. The molecule has 0 saturated heterocycles. The van der Waals surface area contributed by atoms with Gasteiger partial charge >= 0.3 is 11.4 Å². The number of nitrogen functional groups attached to an aromatic ring is 1. The Hall–Kier alpha value is -17.7. The first-order chi connectivity index (χ1) is 69.0. The van der Waals surface area contributed by atoms with E-state index >= 15 is 0 Å². The van der Waals surface area contributed by atoms with E-state index in [1.165, 1.54) is 109 Å². The number of H-pyrrole nitrogens is 3. The Morgan fingerprint density at radius 2 is 0.762 bits per heavy atom. The molecule has 8 heterocycles. The number of nitrogens with one attached hydrogen (secondary N) is 3. The number of benzene rings is 14. The Morgan fingerprint density at radius 3 is 1.20 bits per heavy atom. The molecule has 143 heavy (non-hydrogen) atoms. The molecule has 0 aliphatic rings. The number of nitrogens with zero attached hydrogens (tertiary/aromatic N) is 14. The molecule has 0 aliphatic carbocycles. The van der Waals surface area contributed by atoms with E-state index in [1.54, 1.807) is 147 Å². The molecule has 0 atom stereocenters. The lowest BCUT2D eigenvalue weighted by atomic mass is 10.0. The Labute approximate surface area is 827 Å². The van der Waals surface area contributed by atoms with Crippen LogP contribution in [0, 0.1) is 64.6 Å². The van der Waals surface area contributed by atoms with Crippen molar-refractivity contribution in [3.05, 3.63) is 421 Å². The molecule has 0 amide bonds. The number of carbonyl (C=O) groups excluding carboxylic acids is 3. The van der Waals surface area contributed by atoms with Gasteiger partial charge in [-0.3, -0.25) is 68.8 Å². The van der Waals surface area contributed by atoms with Gasteiger partial charge in [0.05, 0.1) is 61.1 Å². The maximum atomic E-state index is 13.7. The number of ether oxygens (including phenoxy) is 2. The number of nitro groups is 2. The van der Waals surface area contributed by atoms with Crippen LogP contribution >= 0.6 is 34.2 Å². The van der Waals surface area contributed by atoms with Crippen molar-refractivity contribution in [2.24, 2.45) is 28.2 Å². The van der Waals surface area contributed by atoms with E-state index in [9.17, 15) is 65.3 Å². The molecule has 0 unspecified atom stereocenters. The van der Waals surface area contributed by atoms with E-state index in [1.807, 2.05) is 130 Å². The van der Waals surface area contributed by atoms with Crippen LogP contribution in [0.5, 0.6) is 11.5 Å². The number of nitro benzene ring substituents is 2. The molecule has 0 radical (unpaired) electrons. The van der Waals surface area contributed by atoms with Crippen LogP contribution < -0.4 is 15.2 Å². The molecular weight excluding hydrogens is 1980 g/mol. The number of anilines is 1. The maximum absolute atomic E-state index is 13.7. The van der Waals surface area contributed by atoms with Gasteiger partial charge < -0.3 is 15.2 Å². The number of fused-ring (bicyclic) bond motifs is 7. The van der Waals surface area contributed by atoms with Crippen LogP contribution in [0.3, 0.4) is 0 Å². The number of para-hydroxylation sites is 2. The minimum Gasteiger partial charge on any atom is -0.426 e. The van der Waals surface area contributed by atoms with Crippen LogP contribution in [0.2, 0.25) is 0 Å². The predicted octanol–water partition coefficient (Wildman–Crippen LogP) is 25.0. The minimum atomic E-state index is -0.814. The summed E-state index contributed by atoms with van der Waals surface area (Å²) in [4.78, 5) is 58.8. The molecule has 14 aromatic carbocycles. The summed E-state index contributed by atoms with van der Waals surface area (Å²) in [5.41, 5.74) is 21.9. The molecule has 8 aromatic heterocycles. The number of halogens is 9. The highest BCUT2D eigenvalue weighted by Gasteiger charge is 2.20. The van der Waals surface area contributed by atoms with Gasteiger partial charge in [0.1, 0.15) is 90.2 Å². The van der Waals surface area contributed by atoms with Crippen molar-refractivity contribution >= 4 is 145 Å². The lowest BCUT2D eigenvalue weighted by Crippen LogP contribution is -2.11. The third-order valence-corrected chi connectivity index (χ3v) is 23.0. The average molecular weight is 2060 g/mol. The number of aromatic nitrogens is 15. The minimum absolute atomic E-state index is 0.00905. The van der Waals surface area contributed by atoms with Crippen molar-refractivity contribution in [1.29, 1.82) is 0 Å². The Morgan fingerprint density at radius 1 is 0.392 bits per heavy atom. The Kier molecular flexibility index (Phi) is 32.2. The summed E-state index contributed by atoms with van der Waals surface area (Å²) < 4.78 is 110. The van der Waals surface area contributed by atoms with E-state index in [0.717, 1.165) is 120 Å². The standard InChI is InChI=1S/C23H20FN3O.C22H17FN2O2.C14H10FN3O2.C14H12FN3.C13H8FN3O2.C7H5ClO2.C7H4FIN2.C7H5FN2/c1-27-22-9-7-19(24)15-21(22)23(26-27)18-5-2-17(3-6-18)14-20(28)8-4-16-10-12-25-13-11-16;1-25-20-12-11-17(23)14-19(20)22(24-25)16-9-7-15(8-10-16)13-21(26)27-18-5-3-2-4-6-18;1-17-13-7-4-10(15)8-12(13)14(16-17)9-2-5-11(6-3-9)18(19)20;1-18-13-7-4-10(15)8-12(13)14(17-18)9-2-5-11(16)6-3-9;14-9-3-6-12-11(7-9)13(16-15-12)8-1-4-10(5-2-8)17(18)19;8-7(9)10-6-4-2-1-3-5-6;8-4-1-2-6-5(3-4)7(9)11-10-6;8-6-1-2-7-5(3-6)4-9-10-7/h2-3,5-7,9-13,15H,4,8,14H2,1H3;2-12,14H,13H2,1H3;2-8H,1H3;2-8H,16H2,1H3;1-7H,(H,15,16);1-5H;1-3H,(H,10,11);1-4H,(H,9,10). The zero-order chi connectivity index (χ0) is 101. The third kappa shape index (κ3) is 25.8. The molecular formula is C107H81ClF7IN18O9. The quantitative estimate of drug-likeness (QED) is 0.0102. The highest BCUT2D eigenvalue weighted by atomic mass is 127. The van der Waals surface area contributed by atoms with Gasteiger partial charge in [-0.15, -0.1) is 0 Å². The van der Waals surface area contributed by atoms with Crippen molar-refractivity contribution in [1.82, 2.24) is 74.7 Å². The smallest absolute Gasteiger partial charge is 0.409 e. The monoisotopic (exact) mass is 2060 g/mol. The first-order valence-electron chi connectivity index (χ1n) is 43.6. The van der Waals surface area contributed by atoms with Crippen molar-refractivity contribution in [2.45, 2.75) is 25.7 Å². The number of ketones is 1. The molecule has 27 nitrogen and oxygen atoms in total. The number of non-ortho nitro benzene ring substituents is 2. The number of carbonyl (C=O) groups is 3. The first-order valence-corrected chi connectivity index (χ1v) is 45.1. The predicted molar refractivity (Wildman–Crippen MR) is 544 cm³/mol. The summed E-state index contributed by atoms with van der Waals surface area (Å²) in [5, 5.41) is 64.5. The number of Topliss-reactive ketones (excluding diaryl/α,β-unsaturated/α-hetero) is 1. The van der Waals surface area contributed by atoms with E-state index < -0.39 is 15.3 Å². The van der Waals surface area contributed by atoms with Crippen LogP contribution in [0.15, 0.2) is 340 Å². The second kappa shape index (κ2) is 46.1. The van der Waals surface area contributed by atoms with Gasteiger partial charge in [-0.2, -0.15) is 35.7 Å². The topological polar surface area (TPSA) is 352 Å². The molecule has 22 aromatic rings. The molecule has 716 valence electrons. The zero-order valence-electron chi connectivity index (χ0n) is 76.1. The molecule has 36 heteroatoms. The van der Waals surface area contributed by atoms with Gasteiger partial charge in [0, 0.05) is 161 Å². The van der Waals surface area contributed by atoms with Crippen LogP contribution in [-0.4, -0.2) is 102 Å². The largest absolute Gasteiger partial charge is 0.426 e. The number of nitrogens with two attached hydrogens (primary N) is 1. The molecule has 0 saturated carbocycles. The molecule has 0 bridgehead atoms. The number of pyridine rings is 1. The van der Waals surface area contributed by atoms with Crippen LogP contribution in [0.25, 0.3) is 133 Å². The molecule has 22 rings (SSSR count). The number of rotatable bonds is 16. The normalized spacial score (nSPS) is 10.7. The van der Waals surface area contributed by atoms with E-state index in [-0.39, 0.29) is 70.3 Å². The van der Waals surface area contributed by atoms with E-state index in [2.05, 4.69) is 83.3 Å². The summed E-state index contributed by atoms with van der Waals surface area (Å²) in [6, 6.07) is 88.1. The Balaban J connectivity index is 0.000000126.